The SMILES string of the molecule is CNCC1CCCN1S(=O)(=O)c1ccc([N+](=O)[O-])cc1C(F)(F)F.Cl. The number of benzene rings is 1. The fourth-order valence-corrected chi connectivity index (χ4v) is 4.66. The molecule has 1 aliphatic rings. The molecule has 1 saturated heterocycles. The number of halogens is 4. The summed E-state index contributed by atoms with van der Waals surface area (Å²) >= 11 is 0. The number of non-ortho nitro benzene ring substituents is 1. The third-order valence-corrected chi connectivity index (χ3v) is 5.84. The molecule has 1 aromatic rings. The molecule has 1 unspecified atom stereocenters. The van der Waals surface area contributed by atoms with E-state index in [1.165, 1.54) is 0 Å². The largest absolute Gasteiger partial charge is 0.417 e. The third kappa shape index (κ3) is 4.40. The van der Waals surface area contributed by atoms with E-state index in [9.17, 15) is 31.7 Å². The summed E-state index contributed by atoms with van der Waals surface area (Å²) in [5.74, 6) is 0. The number of nitrogens with one attached hydrogen (secondary N) is 1. The zero-order chi connectivity index (χ0) is 18.1. The minimum absolute atomic E-state index is 0. The maximum absolute atomic E-state index is 13.2. The van der Waals surface area contributed by atoms with E-state index in [0.717, 1.165) is 10.4 Å². The van der Waals surface area contributed by atoms with Gasteiger partial charge in [-0.3, -0.25) is 10.1 Å². The lowest BCUT2D eigenvalue weighted by Gasteiger charge is -2.25. The van der Waals surface area contributed by atoms with Crippen LogP contribution in [0, 0.1) is 10.1 Å². The highest BCUT2D eigenvalue weighted by atomic mass is 35.5. The van der Waals surface area contributed by atoms with Gasteiger partial charge in [0.1, 0.15) is 0 Å². The molecule has 1 heterocycles. The van der Waals surface area contributed by atoms with Gasteiger partial charge in [-0.05, 0) is 26.0 Å². The number of nitrogens with zero attached hydrogens (tertiary/aromatic N) is 2. The second kappa shape index (κ2) is 7.85. The van der Waals surface area contributed by atoms with E-state index in [4.69, 9.17) is 0 Å². The van der Waals surface area contributed by atoms with Gasteiger partial charge in [-0.1, -0.05) is 0 Å². The first-order valence-corrected chi connectivity index (χ1v) is 8.55. The first kappa shape index (κ1) is 21.6. The van der Waals surface area contributed by atoms with Crippen LogP contribution >= 0.6 is 12.4 Å². The average molecular weight is 404 g/mol. The molecule has 1 aliphatic heterocycles. The third-order valence-electron chi connectivity index (χ3n) is 3.83. The predicted molar refractivity (Wildman–Crippen MR) is 86.2 cm³/mol. The summed E-state index contributed by atoms with van der Waals surface area (Å²) in [5.41, 5.74) is -2.33. The summed E-state index contributed by atoms with van der Waals surface area (Å²) in [6, 6.07) is 1.24. The molecule has 0 radical (unpaired) electrons. The van der Waals surface area contributed by atoms with Crippen molar-refractivity contribution in [1.82, 2.24) is 9.62 Å². The normalized spacial score (nSPS) is 18.8. The molecule has 7 nitrogen and oxygen atoms in total. The van der Waals surface area contributed by atoms with E-state index < -0.39 is 43.3 Å². The van der Waals surface area contributed by atoms with Gasteiger partial charge in [0.15, 0.2) is 0 Å². The maximum atomic E-state index is 13.2. The van der Waals surface area contributed by atoms with E-state index in [1.54, 1.807) is 7.05 Å². The molecule has 0 aliphatic carbocycles. The number of hydrogen-bond acceptors (Lipinski definition) is 5. The molecule has 142 valence electrons. The lowest BCUT2D eigenvalue weighted by molar-refractivity contribution is -0.385. The van der Waals surface area contributed by atoms with Gasteiger partial charge in [0.2, 0.25) is 10.0 Å². The monoisotopic (exact) mass is 403 g/mol. The molecule has 1 N–H and O–H groups in total. The number of likely N-dealkylation sites (N-methyl/N-ethyl adjacent to an activating group) is 1. The van der Waals surface area contributed by atoms with Gasteiger partial charge in [0.05, 0.1) is 15.4 Å². The predicted octanol–water partition coefficient (Wildman–Crippen LogP) is 2.41. The van der Waals surface area contributed by atoms with Crippen molar-refractivity contribution in [3.8, 4) is 0 Å². The standard InChI is InChI=1S/C13H16F3N3O4S.ClH/c1-17-8-10-3-2-6-18(10)24(22,23)12-5-4-9(19(20)21)7-11(12)13(14,15)16;/h4-5,7,10,17H,2-3,6,8H2,1H3;1H. The Balaban J connectivity index is 0.00000312. The van der Waals surface area contributed by atoms with Crippen molar-refractivity contribution in [3.63, 3.8) is 0 Å². The van der Waals surface area contributed by atoms with Gasteiger partial charge >= 0.3 is 6.18 Å². The molecule has 0 saturated carbocycles. The van der Waals surface area contributed by atoms with Crippen LogP contribution in [0.15, 0.2) is 23.1 Å². The van der Waals surface area contributed by atoms with Crippen LogP contribution in [0.1, 0.15) is 18.4 Å². The average Bonchev–Trinajstić information content (AvgIpc) is 2.95. The van der Waals surface area contributed by atoms with E-state index in [0.29, 0.717) is 25.5 Å². The number of hydrogen-bond donors (Lipinski definition) is 1. The molecular weight excluding hydrogens is 387 g/mol. The summed E-state index contributed by atoms with van der Waals surface area (Å²) in [4.78, 5) is 8.75. The van der Waals surface area contributed by atoms with Crippen LogP contribution in [0.25, 0.3) is 0 Å². The Kier molecular flexibility index (Phi) is 6.79. The summed E-state index contributed by atoms with van der Waals surface area (Å²) < 4.78 is 66.1. The van der Waals surface area contributed by atoms with Crippen molar-refractivity contribution in [1.29, 1.82) is 0 Å². The smallest absolute Gasteiger partial charge is 0.318 e. The highest BCUT2D eigenvalue weighted by Crippen LogP contribution is 2.38. The lowest BCUT2D eigenvalue weighted by atomic mass is 10.2. The fraction of sp³-hybridized carbons (Fsp3) is 0.538. The van der Waals surface area contributed by atoms with Gasteiger partial charge in [0.25, 0.3) is 5.69 Å². The topological polar surface area (TPSA) is 92.6 Å². The molecular formula is C13H17ClF3N3O4S. The fourth-order valence-electron chi connectivity index (χ4n) is 2.77. The van der Waals surface area contributed by atoms with E-state index in [2.05, 4.69) is 5.32 Å². The Bertz CT molecular complexity index is 743. The molecule has 1 aromatic carbocycles. The Labute approximate surface area is 148 Å². The van der Waals surface area contributed by atoms with E-state index >= 15 is 0 Å². The minimum Gasteiger partial charge on any atom is -0.318 e. The molecule has 25 heavy (non-hydrogen) atoms. The minimum atomic E-state index is -5.02. The summed E-state index contributed by atoms with van der Waals surface area (Å²) in [6.45, 7) is 0.427. The zero-order valence-electron chi connectivity index (χ0n) is 13.1. The van der Waals surface area contributed by atoms with E-state index in [-0.39, 0.29) is 25.0 Å². The van der Waals surface area contributed by atoms with Gasteiger partial charge in [-0.15, -0.1) is 12.4 Å². The van der Waals surface area contributed by atoms with Crippen molar-refractivity contribution in [2.45, 2.75) is 30.0 Å². The van der Waals surface area contributed by atoms with Crippen LogP contribution in [0.3, 0.4) is 0 Å². The number of nitro benzene ring substituents is 1. The molecule has 0 amide bonds. The Hall–Kier alpha value is -1.43. The zero-order valence-corrected chi connectivity index (χ0v) is 14.7. The molecule has 0 bridgehead atoms. The number of alkyl halides is 3. The first-order chi connectivity index (χ1) is 11.1. The molecule has 0 aromatic heterocycles. The van der Waals surface area contributed by atoms with Gasteiger partial charge < -0.3 is 5.32 Å². The molecule has 1 fully saturated rings. The highest BCUT2D eigenvalue weighted by Gasteiger charge is 2.43. The van der Waals surface area contributed by atoms with Crippen molar-refractivity contribution < 1.29 is 26.5 Å². The van der Waals surface area contributed by atoms with Crippen LogP contribution in [0.5, 0.6) is 0 Å². The van der Waals surface area contributed by atoms with E-state index in [1.807, 2.05) is 0 Å². The Morgan fingerprint density at radius 2 is 2.04 bits per heavy atom. The van der Waals surface area contributed by atoms with Crippen molar-refractivity contribution >= 4 is 28.1 Å². The second-order valence-corrected chi connectivity index (χ2v) is 7.26. The van der Waals surface area contributed by atoms with Crippen molar-refractivity contribution in [2.24, 2.45) is 0 Å². The lowest BCUT2D eigenvalue weighted by Crippen LogP contribution is -2.41. The summed E-state index contributed by atoms with van der Waals surface area (Å²) in [6.07, 6.45) is -3.94. The molecule has 12 heteroatoms. The van der Waals surface area contributed by atoms with Crippen LogP contribution in [0.2, 0.25) is 0 Å². The molecule has 2 rings (SSSR count). The quantitative estimate of drug-likeness (QED) is 0.602. The van der Waals surface area contributed by atoms with Crippen molar-refractivity contribution in [2.75, 3.05) is 20.1 Å². The first-order valence-electron chi connectivity index (χ1n) is 7.11. The van der Waals surface area contributed by atoms with Crippen LogP contribution < -0.4 is 5.32 Å². The second-order valence-electron chi connectivity index (χ2n) is 5.40. The summed E-state index contributed by atoms with van der Waals surface area (Å²) in [5, 5.41) is 13.5. The Morgan fingerprint density at radius 1 is 1.40 bits per heavy atom. The van der Waals surface area contributed by atoms with Gasteiger partial charge in [-0.25, -0.2) is 8.42 Å². The Morgan fingerprint density at radius 3 is 2.56 bits per heavy atom. The van der Waals surface area contributed by atoms with Crippen LogP contribution in [0.4, 0.5) is 18.9 Å². The molecule has 1 atom stereocenters. The number of rotatable bonds is 5. The number of sulfonamides is 1. The maximum Gasteiger partial charge on any atom is 0.417 e. The summed E-state index contributed by atoms with van der Waals surface area (Å²) in [7, 11) is -2.79. The molecule has 0 spiro atoms. The number of nitro groups is 1. The van der Waals surface area contributed by atoms with Crippen LogP contribution in [-0.2, 0) is 16.2 Å². The van der Waals surface area contributed by atoms with Crippen molar-refractivity contribution in [3.05, 3.63) is 33.9 Å². The van der Waals surface area contributed by atoms with Gasteiger partial charge in [0, 0.05) is 31.3 Å². The van der Waals surface area contributed by atoms with Gasteiger partial charge in [-0.2, -0.15) is 17.5 Å². The highest BCUT2D eigenvalue weighted by molar-refractivity contribution is 7.89. The van der Waals surface area contributed by atoms with Crippen LogP contribution in [-0.4, -0.2) is 43.8 Å².